The fraction of sp³-hybridized carbons (Fsp3) is 0.217. The summed E-state index contributed by atoms with van der Waals surface area (Å²) in [6.45, 7) is 2.72. The van der Waals surface area contributed by atoms with Gasteiger partial charge in [0.05, 0.1) is 17.3 Å². The van der Waals surface area contributed by atoms with Gasteiger partial charge in [-0.2, -0.15) is 18.3 Å². The summed E-state index contributed by atoms with van der Waals surface area (Å²) in [4.78, 5) is 8.76. The van der Waals surface area contributed by atoms with Gasteiger partial charge in [-0.05, 0) is 42.0 Å². The first-order chi connectivity index (χ1) is 15.0. The molecule has 8 heteroatoms. The molecular formula is C23H20F3N5. The Hall–Kier alpha value is -3.55. The Morgan fingerprint density at radius 1 is 0.871 bits per heavy atom. The first kappa shape index (κ1) is 19.4. The second-order valence-electron chi connectivity index (χ2n) is 7.57. The van der Waals surface area contributed by atoms with Crippen LogP contribution in [0, 0.1) is 0 Å². The number of hydrogen-bond donors (Lipinski definition) is 1. The van der Waals surface area contributed by atoms with Crippen molar-refractivity contribution in [3.8, 4) is 11.1 Å². The molecule has 5 nitrogen and oxygen atoms in total. The highest BCUT2D eigenvalue weighted by Crippen LogP contribution is 2.33. The van der Waals surface area contributed by atoms with E-state index in [2.05, 4.69) is 26.1 Å². The van der Waals surface area contributed by atoms with E-state index in [0.717, 1.165) is 33.8 Å². The number of aromatic amines is 1. The monoisotopic (exact) mass is 423 g/mol. The van der Waals surface area contributed by atoms with Gasteiger partial charge in [-0.15, -0.1) is 0 Å². The predicted molar refractivity (Wildman–Crippen MR) is 115 cm³/mol. The second-order valence-corrected chi connectivity index (χ2v) is 7.57. The summed E-state index contributed by atoms with van der Waals surface area (Å²) in [6.07, 6.45) is 1.10. The molecule has 31 heavy (non-hydrogen) atoms. The molecule has 0 spiro atoms. The lowest BCUT2D eigenvalue weighted by Crippen LogP contribution is -2.46. The molecular weight excluding hydrogens is 403 g/mol. The summed E-state index contributed by atoms with van der Waals surface area (Å²) >= 11 is 0. The van der Waals surface area contributed by atoms with E-state index in [9.17, 15) is 13.2 Å². The second kappa shape index (κ2) is 7.61. The molecule has 2 aromatic carbocycles. The number of rotatable bonds is 3. The van der Waals surface area contributed by atoms with Gasteiger partial charge in [-0.3, -0.25) is 10.1 Å². The van der Waals surface area contributed by atoms with Gasteiger partial charge in [-0.1, -0.05) is 12.1 Å². The largest absolute Gasteiger partial charge is 0.416 e. The number of fused-ring (bicyclic) bond motifs is 1. The number of piperazine rings is 1. The summed E-state index contributed by atoms with van der Waals surface area (Å²) in [7, 11) is 0. The van der Waals surface area contributed by atoms with Crippen molar-refractivity contribution in [3.05, 3.63) is 72.7 Å². The minimum absolute atomic E-state index is 0.608. The Bertz CT molecular complexity index is 1200. The zero-order chi connectivity index (χ0) is 21.4. The summed E-state index contributed by atoms with van der Waals surface area (Å²) < 4.78 is 39.2. The maximum absolute atomic E-state index is 13.1. The van der Waals surface area contributed by atoms with Crippen molar-refractivity contribution in [1.29, 1.82) is 0 Å². The molecule has 158 valence electrons. The summed E-state index contributed by atoms with van der Waals surface area (Å²) in [5.41, 5.74) is 4.05. The Labute approximate surface area is 177 Å². The van der Waals surface area contributed by atoms with Crippen LogP contribution in [0.2, 0.25) is 0 Å². The van der Waals surface area contributed by atoms with Crippen LogP contribution < -0.4 is 9.80 Å². The van der Waals surface area contributed by atoms with Crippen LogP contribution in [0.5, 0.6) is 0 Å². The van der Waals surface area contributed by atoms with Crippen molar-refractivity contribution in [1.82, 2.24) is 15.2 Å². The molecule has 0 radical (unpaired) electrons. The van der Waals surface area contributed by atoms with Crippen LogP contribution in [-0.2, 0) is 6.18 Å². The van der Waals surface area contributed by atoms with Crippen LogP contribution in [0.4, 0.5) is 24.5 Å². The normalized spacial score (nSPS) is 14.9. The van der Waals surface area contributed by atoms with Crippen LogP contribution >= 0.6 is 0 Å². The predicted octanol–water partition coefficient (Wildman–Crippen LogP) is 4.97. The maximum Gasteiger partial charge on any atom is 0.416 e. The van der Waals surface area contributed by atoms with E-state index in [1.54, 1.807) is 18.5 Å². The summed E-state index contributed by atoms with van der Waals surface area (Å²) in [5.74, 6) is 0. The number of alkyl halides is 3. The van der Waals surface area contributed by atoms with Crippen LogP contribution in [0.15, 0.2) is 67.1 Å². The summed E-state index contributed by atoms with van der Waals surface area (Å²) in [6, 6.07) is 13.7. The van der Waals surface area contributed by atoms with E-state index >= 15 is 0 Å². The number of halogens is 3. The number of anilines is 2. The average molecular weight is 423 g/mol. The number of hydrogen-bond acceptors (Lipinski definition) is 4. The van der Waals surface area contributed by atoms with E-state index in [1.807, 2.05) is 29.3 Å². The fourth-order valence-electron chi connectivity index (χ4n) is 4.08. The van der Waals surface area contributed by atoms with Crippen LogP contribution in [0.25, 0.3) is 22.0 Å². The molecule has 4 aromatic rings. The lowest BCUT2D eigenvalue weighted by Gasteiger charge is -2.38. The Morgan fingerprint density at radius 3 is 2.42 bits per heavy atom. The molecule has 0 unspecified atom stereocenters. The number of pyridine rings is 1. The smallest absolute Gasteiger partial charge is 0.368 e. The first-order valence-electron chi connectivity index (χ1n) is 10.0. The molecule has 0 amide bonds. The van der Waals surface area contributed by atoms with Gasteiger partial charge >= 0.3 is 6.18 Å². The van der Waals surface area contributed by atoms with E-state index in [-0.39, 0.29) is 0 Å². The third-order valence-corrected chi connectivity index (χ3v) is 5.71. The van der Waals surface area contributed by atoms with Crippen molar-refractivity contribution in [2.24, 2.45) is 0 Å². The molecule has 0 saturated carbocycles. The molecule has 0 bridgehead atoms. The Balaban J connectivity index is 1.39. The van der Waals surface area contributed by atoms with Gasteiger partial charge in [-0.25, -0.2) is 0 Å². The lowest BCUT2D eigenvalue weighted by atomic mass is 10.0. The van der Waals surface area contributed by atoms with E-state index < -0.39 is 11.7 Å². The molecule has 2 aromatic heterocycles. The number of aromatic nitrogens is 3. The third kappa shape index (κ3) is 3.81. The van der Waals surface area contributed by atoms with Gasteiger partial charge in [0.15, 0.2) is 0 Å². The van der Waals surface area contributed by atoms with Crippen molar-refractivity contribution in [3.63, 3.8) is 0 Å². The Kier molecular flexibility index (Phi) is 4.77. The van der Waals surface area contributed by atoms with Crippen molar-refractivity contribution in [2.75, 3.05) is 36.0 Å². The standard InChI is InChI=1S/C23H20F3N5/c24-23(25,26)18-2-1-3-19(13-18)30-8-10-31(11-9-30)22-6-7-27-21-5-4-16(12-20(21)22)17-14-28-29-15-17/h1-7,12-15H,8-11H2,(H,28,29). The molecule has 1 aliphatic rings. The van der Waals surface area contributed by atoms with E-state index in [1.165, 1.54) is 12.1 Å². The molecule has 1 saturated heterocycles. The zero-order valence-corrected chi connectivity index (χ0v) is 16.6. The number of nitrogens with one attached hydrogen (secondary N) is 1. The van der Waals surface area contributed by atoms with E-state index in [4.69, 9.17) is 0 Å². The van der Waals surface area contributed by atoms with Gasteiger partial charge in [0.1, 0.15) is 0 Å². The highest BCUT2D eigenvalue weighted by atomic mass is 19.4. The zero-order valence-electron chi connectivity index (χ0n) is 16.6. The summed E-state index contributed by atoms with van der Waals surface area (Å²) in [5, 5.41) is 7.91. The average Bonchev–Trinajstić information content (AvgIpc) is 3.33. The molecule has 1 fully saturated rings. The SMILES string of the molecule is FC(F)(F)c1cccc(N2CCN(c3ccnc4ccc(-c5cn[nH]c5)cc34)CC2)c1. The molecule has 5 rings (SSSR count). The molecule has 1 aliphatic heterocycles. The quantitative estimate of drug-likeness (QED) is 0.506. The number of benzene rings is 2. The fourth-order valence-corrected chi connectivity index (χ4v) is 4.08. The highest BCUT2D eigenvalue weighted by Gasteiger charge is 2.31. The number of nitrogens with zero attached hydrogens (tertiary/aromatic N) is 4. The highest BCUT2D eigenvalue weighted by molar-refractivity contribution is 5.94. The molecule has 0 aliphatic carbocycles. The first-order valence-corrected chi connectivity index (χ1v) is 10.0. The van der Waals surface area contributed by atoms with Gasteiger partial charge < -0.3 is 9.80 Å². The molecule has 3 heterocycles. The van der Waals surface area contributed by atoms with Crippen LogP contribution in [-0.4, -0.2) is 41.4 Å². The van der Waals surface area contributed by atoms with Crippen molar-refractivity contribution >= 4 is 22.3 Å². The molecule has 0 atom stereocenters. The van der Waals surface area contributed by atoms with Gasteiger partial charge in [0.2, 0.25) is 0 Å². The minimum atomic E-state index is -4.33. The Morgan fingerprint density at radius 2 is 1.68 bits per heavy atom. The topological polar surface area (TPSA) is 48.1 Å². The van der Waals surface area contributed by atoms with E-state index in [0.29, 0.717) is 31.9 Å². The number of H-pyrrole nitrogens is 1. The van der Waals surface area contributed by atoms with Crippen molar-refractivity contribution in [2.45, 2.75) is 6.18 Å². The maximum atomic E-state index is 13.1. The van der Waals surface area contributed by atoms with Crippen LogP contribution in [0.1, 0.15) is 5.56 Å². The lowest BCUT2D eigenvalue weighted by molar-refractivity contribution is -0.137. The third-order valence-electron chi connectivity index (χ3n) is 5.71. The minimum Gasteiger partial charge on any atom is -0.368 e. The van der Waals surface area contributed by atoms with Crippen molar-refractivity contribution < 1.29 is 13.2 Å². The van der Waals surface area contributed by atoms with Gasteiger partial charge in [0.25, 0.3) is 0 Å². The van der Waals surface area contributed by atoms with Crippen LogP contribution in [0.3, 0.4) is 0 Å². The molecule has 1 N–H and O–H groups in total. The van der Waals surface area contributed by atoms with Gasteiger partial charge in [0, 0.05) is 60.9 Å².